The quantitative estimate of drug-likeness (QED) is 0.410. The minimum atomic E-state index is 0.462. The number of hydrogen-bond donors (Lipinski definition) is 3. The summed E-state index contributed by atoms with van der Waals surface area (Å²) >= 11 is 0. The Labute approximate surface area is 49.0 Å². The van der Waals surface area contributed by atoms with Gasteiger partial charge in [0.1, 0.15) is 0 Å². The van der Waals surface area contributed by atoms with Crippen LogP contribution < -0.4 is 10.6 Å². The van der Waals surface area contributed by atoms with Crippen LogP contribution in [-0.4, -0.2) is 18.5 Å². The summed E-state index contributed by atoms with van der Waals surface area (Å²) in [5.41, 5.74) is 0. The zero-order valence-electron chi connectivity index (χ0n) is 4.99. The summed E-state index contributed by atoms with van der Waals surface area (Å²) in [5, 5.41) is 12.9. The molecule has 1 heterocycles. The van der Waals surface area contributed by atoms with E-state index >= 15 is 0 Å². The zero-order valence-corrected chi connectivity index (χ0v) is 4.99. The van der Waals surface area contributed by atoms with Crippen molar-refractivity contribution in [1.82, 2.24) is 10.6 Å². The maximum Gasteiger partial charge on any atom is 0.188 e. The Morgan fingerprint density at radius 2 is 2.50 bits per heavy atom. The van der Waals surface area contributed by atoms with Crippen molar-refractivity contribution in [1.29, 1.82) is 5.41 Å². The molecule has 0 aromatic rings. The lowest BCUT2D eigenvalue weighted by Crippen LogP contribution is -2.48. The minimum absolute atomic E-state index is 0.462. The molecule has 1 rings (SSSR count). The molecule has 1 aliphatic rings. The molecule has 1 saturated heterocycles. The first kappa shape index (κ1) is 5.41. The van der Waals surface area contributed by atoms with Gasteiger partial charge in [-0.25, -0.2) is 0 Å². The van der Waals surface area contributed by atoms with Crippen molar-refractivity contribution in [2.45, 2.75) is 19.4 Å². The van der Waals surface area contributed by atoms with Crippen LogP contribution in [0.25, 0.3) is 0 Å². The first-order valence-electron chi connectivity index (χ1n) is 2.88. The lowest BCUT2D eigenvalue weighted by atomic mass is 10.2. The van der Waals surface area contributed by atoms with Gasteiger partial charge in [0.05, 0.1) is 0 Å². The van der Waals surface area contributed by atoms with Crippen molar-refractivity contribution in [3.05, 3.63) is 0 Å². The topological polar surface area (TPSA) is 47.9 Å². The van der Waals surface area contributed by atoms with Gasteiger partial charge in [-0.3, -0.25) is 5.41 Å². The monoisotopic (exact) mass is 113 g/mol. The van der Waals surface area contributed by atoms with E-state index in [0.29, 0.717) is 12.0 Å². The van der Waals surface area contributed by atoms with E-state index in [1.807, 2.05) is 0 Å². The summed E-state index contributed by atoms with van der Waals surface area (Å²) in [6, 6.07) is 0.476. The summed E-state index contributed by atoms with van der Waals surface area (Å²) in [7, 11) is 0. The molecule has 3 nitrogen and oxygen atoms in total. The second-order valence-corrected chi connectivity index (χ2v) is 2.14. The summed E-state index contributed by atoms with van der Waals surface area (Å²) in [5.74, 6) is 0.462. The van der Waals surface area contributed by atoms with Crippen LogP contribution in [0.5, 0.6) is 0 Å². The van der Waals surface area contributed by atoms with E-state index in [4.69, 9.17) is 5.41 Å². The normalized spacial score (nSPS) is 28.6. The van der Waals surface area contributed by atoms with E-state index in [2.05, 4.69) is 17.6 Å². The highest BCUT2D eigenvalue weighted by Crippen LogP contribution is 1.91. The minimum Gasteiger partial charge on any atom is -0.357 e. The predicted octanol–water partition coefficient (Wildman–Crippen LogP) is -0.107. The first-order chi connectivity index (χ1) is 3.79. The number of rotatable bonds is 0. The van der Waals surface area contributed by atoms with E-state index in [-0.39, 0.29) is 0 Å². The molecule has 1 atom stereocenters. The van der Waals surface area contributed by atoms with Gasteiger partial charge in [-0.05, 0) is 13.3 Å². The van der Waals surface area contributed by atoms with Crippen molar-refractivity contribution in [2.24, 2.45) is 0 Å². The summed E-state index contributed by atoms with van der Waals surface area (Å²) < 4.78 is 0. The molecule has 8 heavy (non-hydrogen) atoms. The van der Waals surface area contributed by atoms with Crippen LogP contribution in [0.4, 0.5) is 0 Å². The fourth-order valence-electron chi connectivity index (χ4n) is 0.783. The highest BCUT2D eigenvalue weighted by Gasteiger charge is 2.08. The predicted molar refractivity (Wildman–Crippen MR) is 32.9 cm³/mol. The Hall–Kier alpha value is -0.730. The standard InChI is InChI=1S/C5H11N3/c1-4-2-3-7-5(6)8-4/h4H,2-3H2,1H3,(H3,6,7,8). The highest BCUT2D eigenvalue weighted by atomic mass is 15.2. The van der Waals surface area contributed by atoms with Crippen LogP contribution in [0.3, 0.4) is 0 Å². The molecule has 0 aliphatic carbocycles. The molecule has 0 amide bonds. The van der Waals surface area contributed by atoms with Gasteiger partial charge < -0.3 is 10.6 Å². The number of hydrogen-bond acceptors (Lipinski definition) is 1. The summed E-state index contributed by atoms with van der Waals surface area (Å²) in [6.45, 7) is 3.02. The lowest BCUT2D eigenvalue weighted by Gasteiger charge is -2.22. The van der Waals surface area contributed by atoms with E-state index in [1.165, 1.54) is 0 Å². The van der Waals surface area contributed by atoms with E-state index in [1.54, 1.807) is 0 Å². The van der Waals surface area contributed by atoms with Crippen molar-refractivity contribution >= 4 is 5.96 Å². The van der Waals surface area contributed by atoms with Gasteiger partial charge in [0.25, 0.3) is 0 Å². The van der Waals surface area contributed by atoms with Crippen molar-refractivity contribution in [3.63, 3.8) is 0 Å². The number of nitrogens with one attached hydrogen (secondary N) is 3. The molecule has 0 bridgehead atoms. The van der Waals surface area contributed by atoms with Crippen molar-refractivity contribution in [2.75, 3.05) is 6.54 Å². The zero-order chi connectivity index (χ0) is 5.98. The average Bonchev–Trinajstić information content (AvgIpc) is 1.64. The maximum atomic E-state index is 7.10. The molecule has 0 radical (unpaired) electrons. The molecule has 1 unspecified atom stereocenters. The molecule has 46 valence electrons. The van der Waals surface area contributed by atoms with Gasteiger partial charge in [-0.1, -0.05) is 0 Å². The third-order valence-corrected chi connectivity index (χ3v) is 1.27. The fraction of sp³-hybridized carbons (Fsp3) is 0.800. The molecule has 1 fully saturated rings. The van der Waals surface area contributed by atoms with Gasteiger partial charge in [0.15, 0.2) is 5.96 Å². The first-order valence-corrected chi connectivity index (χ1v) is 2.88. The second-order valence-electron chi connectivity index (χ2n) is 2.14. The third kappa shape index (κ3) is 1.12. The fourth-order valence-corrected chi connectivity index (χ4v) is 0.783. The summed E-state index contributed by atoms with van der Waals surface area (Å²) in [6.07, 6.45) is 1.11. The Balaban J connectivity index is 2.34. The Morgan fingerprint density at radius 3 is 2.88 bits per heavy atom. The molecule has 0 aromatic heterocycles. The van der Waals surface area contributed by atoms with E-state index in [0.717, 1.165) is 13.0 Å². The third-order valence-electron chi connectivity index (χ3n) is 1.27. The molecule has 0 spiro atoms. The molecular weight excluding hydrogens is 102 g/mol. The maximum absolute atomic E-state index is 7.10. The van der Waals surface area contributed by atoms with Gasteiger partial charge in [-0.2, -0.15) is 0 Å². The van der Waals surface area contributed by atoms with Gasteiger partial charge in [-0.15, -0.1) is 0 Å². The lowest BCUT2D eigenvalue weighted by molar-refractivity contribution is 0.541. The molecule has 3 N–H and O–H groups in total. The van der Waals surface area contributed by atoms with Crippen LogP contribution in [-0.2, 0) is 0 Å². The van der Waals surface area contributed by atoms with Crippen molar-refractivity contribution in [3.8, 4) is 0 Å². The van der Waals surface area contributed by atoms with Crippen LogP contribution >= 0.6 is 0 Å². The smallest absolute Gasteiger partial charge is 0.188 e. The van der Waals surface area contributed by atoms with Crippen LogP contribution in [0.2, 0.25) is 0 Å². The van der Waals surface area contributed by atoms with Crippen LogP contribution in [0, 0.1) is 5.41 Å². The van der Waals surface area contributed by atoms with Gasteiger partial charge in [0.2, 0.25) is 0 Å². The van der Waals surface area contributed by atoms with E-state index in [9.17, 15) is 0 Å². The average molecular weight is 113 g/mol. The Morgan fingerprint density at radius 1 is 1.75 bits per heavy atom. The Bertz CT molecular complexity index is 99.8. The highest BCUT2D eigenvalue weighted by molar-refractivity contribution is 5.77. The molecule has 1 aliphatic heterocycles. The van der Waals surface area contributed by atoms with Crippen LogP contribution in [0.1, 0.15) is 13.3 Å². The second kappa shape index (κ2) is 2.03. The number of guanidine groups is 1. The Kier molecular flexibility index (Phi) is 1.37. The molecule has 0 saturated carbocycles. The molecule has 3 heteroatoms. The SMILES string of the molecule is CC1CCNC(=N)N1. The van der Waals surface area contributed by atoms with Gasteiger partial charge >= 0.3 is 0 Å². The van der Waals surface area contributed by atoms with Crippen molar-refractivity contribution < 1.29 is 0 Å². The summed E-state index contributed by atoms with van der Waals surface area (Å²) in [4.78, 5) is 0. The van der Waals surface area contributed by atoms with Gasteiger partial charge in [0, 0.05) is 12.6 Å². The molecule has 0 aromatic carbocycles. The molecular formula is C5H11N3. The largest absolute Gasteiger partial charge is 0.357 e. The van der Waals surface area contributed by atoms with Crippen LogP contribution in [0.15, 0.2) is 0 Å². The van der Waals surface area contributed by atoms with E-state index < -0.39 is 0 Å².